The van der Waals surface area contributed by atoms with Crippen LogP contribution in [0.25, 0.3) is 0 Å². The number of guanidine groups is 1. The van der Waals surface area contributed by atoms with Crippen LogP contribution in [0.15, 0.2) is 4.99 Å². The Morgan fingerprint density at radius 3 is 2.89 bits per heavy atom. The number of likely N-dealkylation sites (N-methyl/N-ethyl adjacent to an activating group) is 1. The summed E-state index contributed by atoms with van der Waals surface area (Å²) in [6, 6.07) is 0.644. The summed E-state index contributed by atoms with van der Waals surface area (Å²) < 4.78 is 0. The largest absolute Gasteiger partial charge is 0.370 e. The third-order valence-electron chi connectivity index (χ3n) is 4.75. The minimum Gasteiger partial charge on any atom is -0.370 e. The maximum atomic E-state index is 5.97. The Bertz CT molecular complexity index is 303. The molecule has 110 valence electrons. The van der Waals surface area contributed by atoms with Gasteiger partial charge in [0.2, 0.25) is 0 Å². The van der Waals surface area contributed by atoms with E-state index in [1.165, 1.54) is 38.6 Å². The van der Waals surface area contributed by atoms with Gasteiger partial charge in [0.05, 0.1) is 0 Å². The second kappa shape index (κ2) is 7.13. The second-order valence-electron chi connectivity index (χ2n) is 6.32. The molecule has 1 aliphatic heterocycles. The van der Waals surface area contributed by atoms with E-state index in [0.29, 0.717) is 12.0 Å². The number of hydrogen-bond donors (Lipinski definition) is 2. The quantitative estimate of drug-likeness (QED) is 0.589. The zero-order valence-electron chi connectivity index (χ0n) is 12.6. The van der Waals surface area contributed by atoms with Crippen molar-refractivity contribution < 1.29 is 0 Å². The highest BCUT2D eigenvalue weighted by atomic mass is 15.2. The van der Waals surface area contributed by atoms with Gasteiger partial charge in [-0.15, -0.1) is 0 Å². The number of aliphatic imine (C=N–C) groups is 1. The summed E-state index contributed by atoms with van der Waals surface area (Å²) in [7, 11) is 0. The van der Waals surface area contributed by atoms with Gasteiger partial charge in [-0.3, -0.25) is 9.89 Å². The van der Waals surface area contributed by atoms with Gasteiger partial charge in [0.15, 0.2) is 5.96 Å². The summed E-state index contributed by atoms with van der Waals surface area (Å²) in [5, 5.41) is 3.31. The van der Waals surface area contributed by atoms with Gasteiger partial charge in [-0.2, -0.15) is 0 Å². The van der Waals surface area contributed by atoms with E-state index in [9.17, 15) is 0 Å². The maximum Gasteiger partial charge on any atom is 0.188 e. The molecule has 1 saturated heterocycles. The molecule has 1 aliphatic carbocycles. The second-order valence-corrected chi connectivity index (χ2v) is 6.32. The number of nitrogens with two attached hydrogens (primary N) is 1. The molecule has 0 amide bonds. The predicted octanol–water partition coefficient (Wildman–Crippen LogP) is 1.81. The van der Waals surface area contributed by atoms with Crippen LogP contribution < -0.4 is 11.1 Å². The van der Waals surface area contributed by atoms with E-state index >= 15 is 0 Å². The van der Waals surface area contributed by atoms with Gasteiger partial charge < -0.3 is 11.1 Å². The van der Waals surface area contributed by atoms with Crippen LogP contribution in [-0.2, 0) is 0 Å². The summed E-state index contributed by atoms with van der Waals surface area (Å²) in [4.78, 5) is 7.04. The molecule has 19 heavy (non-hydrogen) atoms. The average Bonchev–Trinajstić information content (AvgIpc) is 3.02. The highest BCUT2D eigenvalue weighted by Gasteiger charge is 2.23. The van der Waals surface area contributed by atoms with Crippen LogP contribution in [0.2, 0.25) is 0 Å². The Morgan fingerprint density at radius 1 is 1.37 bits per heavy atom. The lowest BCUT2D eigenvalue weighted by Crippen LogP contribution is -2.42. The lowest BCUT2D eigenvalue weighted by molar-refractivity contribution is 0.267. The third kappa shape index (κ3) is 4.37. The van der Waals surface area contributed by atoms with E-state index in [-0.39, 0.29) is 0 Å². The molecule has 3 atom stereocenters. The van der Waals surface area contributed by atoms with E-state index in [1.807, 2.05) is 0 Å². The molecule has 4 heteroatoms. The van der Waals surface area contributed by atoms with Gasteiger partial charge in [-0.25, -0.2) is 0 Å². The fraction of sp³-hybridized carbons (Fsp3) is 0.933. The van der Waals surface area contributed by atoms with Crippen LogP contribution in [0.5, 0.6) is 0 Å². The molecule has 4 nitrogen and oxygen atoms in total. The van der Waals surface area contributed by atoms with Crippen molar-refractivity contribution in [3.05, 3.63) is 0 Å². The average molecular weight is 266 g/mol. The highest BCUT2D eigenvalue weighted by Crippen LogP contribution is 2.30. The SMILES string of the molecule is CCN1CCCC1CNC(N)=NCC1CCC(C)C1. The first-order chi connectivity index (χ1) is 9.19. The smallest absolute Gasteiger partial charge is 0.188 e. The van der Waals surface area contributed by atoms with Crippen molar-refractivity contribution in [1.82, 2.24) is 10.2 Å². The molecule has 3 N–H and O–H groups in total. The Hall–Kier alpha value is -0.770. The molecule has 3 unspecified atom stereocenters. The summed E-state index contributed by atoms with van der Waals surface area (Å²) >= 11 is 0. The zero-order chi connectivity index (χ0) is 13.7. The number of rotatable bonds is 5. The molecule has 2 rings (SSSR count). The zero-order valence-corrected chi connectivity index (χ0v) is 12.6. The molecule has 1 heterocycles. The van der Waals surface area contributed by atoms with Crippen LogP contribution in [0.1, 0.15) is 46.0 Å². The van der Waals surface area contributed by atoms with Crippen molar-refractivity contribution in [1.29, 1.82) is 0 Å². The third-order valence-corrected chi connectivity index (χ3v) is 4.75. The number of nitrogens with zero attached hydrogens (tertiary/aromatic N) is 2. The van der Waals surface area contributed by atoms with Crippen molar-refractivity contribution in [3.8, 4) is 0 Å². The van der Waals surface area contributed by atoms with Crippen molar-refractivity contribution in [2.24, 2.45) is 22.6 Å². The highest BCUT2D eigenvalue weighted by molar-refractivity contribution is 5.77. The topological polar surface area (TPSA) is 53.6 Å². The molecule has 2 aliphatic rings. The molecule has 2 fully saturated rings. The first-order valence-electron chi connectivity index (χ1n) is 7.96. The normalized spacial score (nSPS) is 32.9. The molecule has 0 bridgehead atoms. The van der Waals surface area contributed by atoms with Gasteiger partial charge in [-0.05, 0) is 50.6 Å². The Kier molecular flexibility index (Phi) is 5.49. The molecule has 0 aromatic rings. The van der Waals surface area contributed by atoms with Crippen molar-refractivity contribution in [2.45, 2.75) is 52.0 Å². The monoisotopic (exact) mass is 266 g/mol. The molecule has 0 aromatic heterocycles. The number of hydrogen-bond acceptors (Lipinski definition) is 2. The Morgan fingerprint density at radius 2 is 2.21 bits per heavy atom. The summed E-state index contributed by atoms with van der Waals surface area (Å²) in [5.74, 6) is 2.28. The van der Waals surface area contributed by atoms with Gasteiger partial charge in [0, 0.05) is 19.1 Å². The van der Waals surface area contributed by atoms with Crippen LogP contribution in [0, 0.1) is 11.8 Å². The van der Waals surface area contributed by atoms with E-state index < -0.39 is 0 Å². The summed E-state index contributed by atoms with van der Waals surface area (Å²) in [6.45, 7) is 8.81. The molecule has 0 spiro atoms. The van der Waals surface area contributed by atoms with E-state index in [1.54, 1.807) is 0 Å². The van der Waals surface area contributed by atoms with E-state index in [4.69, 9.17) is 5.73 Å². The van der Waals surface area contributed by atoms with Gasteiger partial charge in [0.1, 0.15) is 0 Å². The molecular formula is C15H30N4. The van der Waals surface area contributed by atoms with Gasteiger partial charge in [0.25, 0.3) is 0 Å². The molecule has 0 aromatic carbocycles. The van der Waals surface area contributed by atoms with E-state index in [2.05, 4.69) is 29.1 Å². The standard InChI is InChI=1S/C15H30N4/c1-3-19-8-4-5-14(19)11-18-15(16)17-10-13-7-6-12(2)9-13/h12-14H,3-11H2,1-2H3,(H3,16,17,18). The minimum atomic E-state index is 0.641. The van der Waals surface area contributed by atoms with Crippen LogP contribution in [-0.4, -0.2) is 43.1 Å². The molecule has 0 radical (unpaired) electrons. The predicted molar refractivity (Wildman–Crippen MR) is 81.3 cm³/mol. The van der Waals surface area contributed by atoms with Gasteiger partial charge >= 0.3 is 0 Å². The van der Waals surface area contributed by atoms with Crippen molar-refractivity contribution in [3.63, 3.8) is 0 Å². The fourth-order valence-electron chi connectivity index (χ4n) is 3.54. The summed E-state index contributed by atoms with van der Waals surface area (Å²) in [5.41, 5.74) is 5.97. The minimum absolute atomic E-state index is 0.641. The Labute approximate surface area is 117 Å². The molecule has 1 saturated carbocycles. The maximum absolute atomic E-state index is 5.97. The number of nitrogens with one attached hydrogen (secondary N) is 1. The van der Waals surface area contributed by atoms with E-state index in [0.717, 1.165) is 31.5 Å². The lowest BCUT2D eigenvalue weighted by atomic mass is 10.1. The summed E-state index contributed by atoms with van der Waals surface area (Å²) in [6.07, 6.45) is 6.61. The lowest BCUT2D eigenvalue weighted by Gasteiger charge is -2.23. The van der Waals surface area contributed by atoms with Crippen LogP contribution >= 0.6 is 0 Å². The van der Waals surface area contributed by atoms with Crippen LogP contribution in [0.4, 0.5) is 0 Å². The molecular weight excluding hydrogens is 236 g/mol. The number of likely N-dealkylation sites (tertiary alicyclic amines) is 1. The van der Waals surface area contributed by atoms with Crippen molar-refractivity contribution >= 4 is 5.96 Å². The van der Waals surface area contributed by atoms with Crippen LogP contribution in [0.3, 0.4) is 0 Å². The first-order valence-corrected chi connectivity index (χ1v) is 7.96. The van der Waals surface area contributed by atoms with Crippen molar-refractivity contribution in [2.75, 3.05) is 26.2 Å². The Balaban J connectivity index is 1.67. The van der Waals surface area contributed by atoms with Gasteiger partial charge in [-0.1, -0.05) is 20.3 Å². The fourth-order valence-corrected chi connectivity index (χ4v) is 3.54. The first kappa shape index (κ1) is 14.6.